The smallest absolute Gasteiger partial charge is 0.322 e. The van der Waals surface area contributed by atoms with Crippen LogP contribution in [0.5, 0.6) is 0 Å². The van der Waals surface area contributed by atoms with Crippen LogP contribution in [0, 0.1) is 0 Å². The van der Waals surface area contributed by atoms with E-state index in [9.17, 15) is 4.79 Å². The van der Waals surface area contributed by atoms with E-state index in [1.165, 1.54) is 0 Å². The Kier molecular flexibility index (Phi) is 4.80. The number of aromatic nitrogens is 2. The minimum absolute atomic E-state index is 0.0690. The van der Waals surface area contributed by atoms with E-state index in [2.05, 4.69) is 15.5 Å². The first-order valence-electron chi connectivity index (χ1n) is 8.14. The van der Waals surface area contributed by atoms with E-state index in [0.717, 1.165) is 11.3 Å². The van der Waals surface area contributed by atoms with Gasteiger partial charge in [0.2, 0.25) is 0 Å². The molecule has 1 aliphatic heterocycles. The Hall–Kier alpha value is -2.41. The number of amides is 2. The highest BCUT2D eigenvalue weighted by Crippen LogP contribution is 2.22. The highest BCUT2D eigenvalue weighted by atomic mass is 16.5. The topological polar surface area (TPSA) is 80.5 Å². The molecule has 0 aliphatic carbocycles. The summed E-state index contributed by atoms with van der Waals surface area (Å²) in [6.45, 7) is 7.77. The highest BCUT2D eigenvalue weighted by Gasteiger charge is 2.21. The second kappa shape index (κ2) is 7.00. The van der Waals surface area contributed by atoms with Crippen molar-refractivity contribution in [2.45, 2.75) is 32.8 Å². The van der Waals surface area contributed by atoms with Crippen molar-refractivity contribution < 1.29 is 14.1 Å². The minimum atomic E-state index is -0.113. The summed E-state index contributed by atoms with van der Waals surface area (Å²) in [6.07, 6.45) is 0.0690. The average Bonchev–Trinajstić information content (AvgIpc) is 3.06. The minimum Gasteiger partial charge on any atom is -0.375 e. The molecule has 1 N–H and O–H groups in total. The molecule has 0 saturated carbocycles. The van der Waals surface area contributed by atoms with Crippen LogP contribution in [0.4, 0.5) is 10.5 Å². The summed E-state index contributed by atoms with van der Waals surface area (Å²) >= 11 is 0. The molecule has 0 bridgehead atoms. The fraction of sp³-hybridized carbons (Fsp3) is 0.471. The third kappa shape index (κ3) is 3.73. The van der Waals surface area contributed by atoms with Gasteiger partial charge < -0.3 is 19.5 Å². The maximum absolute atomic E-state index is 12.3. The Balaban J connectivity index is 1.64. The maximum Gasteiger partial charge on any atom is 0.322 e. The molecule has 2 heterocycles. The number of nitrogens with zero attached hydrogens (tertiary/aromatic N) is 3. The van der Waals surface area contributed by atoms with Crippen molar-refractivity contribution in [2.24, 2.45) is 0 Å². The number of hydrogen-bond acceptors (Lipinski definition) is 5. The third-order valence-corrected chi connectivity index (χ3v) is 3.87. The first-order valence-corrected chi connectivity index (χ1v) is 8.14. The molecule has 2 aromatic rings. The molecule has 0 radical (unpaired) electrons. The zero-order chi connectivity index (χ0) is 17.1. The van der Waals surface area contributed by atoms with E-state index in [0.29, 0.717) is 31.4 Å². The van der Waals surface area contributed by atoms with Gasteiger partial charge in [-0.1, -0.05) is 19.0 Å². The zero-order valence-electron chi connectivity index (χ0n) is 14.2. The molecule has 128 valence electrons. The second-order valence-corrected chi connectivity index (χ2v) is 6.25. The SMILES string of the molecule is CC(C)c1noc(-c2ccc(NC(=O)N3CCO[C@@H](C)C3)cc2)n1. The van der Waals surface area contributed by atoms with Gasteiger partial charge in [0.25, 0.3) is 5.89 Å². The third-order valence-electron chi connectivity index (χ3n) is 3.87. The van der Waals surface area contributed by atoms with Gasteiger partial charge in [-0.15, -0.1) is 0 Å². The number of carbonyl (C=O) groups excluding carboxylic acids is 1. The van der Waals surface area contributed by atoms with Crippen LogP contribution >= 0.6 is 0 Å². The van der Waals surface area contributed by atoms with Gasteiger partial charge in [-0.25, -0.2) is 4.79 Å². The molecule has 1 atom stereocenters. The van der Waals surface area contributed by atoms with Crippen LogP contribution in [0.3, 0.4) is 0 Å². The monoisotopic (exact) mass is 330 g/mol. The van der Waals surface area contributed by atoms with Gasteiger partial charge in [-0.05, 0) is 31.2 Å². The molecule has 0 unspecified atom stereocenters. The fourth-order valence-corrected chi connectivity index (χ4v) is 2.49. The van der Waals surface area contributed by atoms with E-state index in [1.54, 1.807) is 4.90 Å². The molecule has 3 rings (SSSR count). The van der Waals surface area contributed by atoms with Crippen LogP contribution in [-0.2, 0) is 4.74 Å². The number of morpholine rings is 1. The number of hydrogen-bond donors (Lipinski definition) is 1. The number of anilines is 1. The standard InChI is InChI=1S/C17H22N4O3/c1-11(2)15-19-16(24-20-15)13-4-6-14(7-5-13)18-17(22)21-8-9-23-12(3)10-21/h4-7,11-12H,8-10H2,1-3H3,(H,18,22)/t12-/m0/s1. The van der Waals surface area contributed by atoms with Crippen LogP contribution in [0.2, 0.25) is 0 Å². The summed E-state index contributed by atoms with van der Waals surface area (Å²) in [5, 5.41) is 6.86. The van der Waals surface area contributed by atoms with Crippen molar-refractivity contribution in [1.29, 1.82) is 0 Å². The first kappa shape index (κ1) is 16.4. The largest absolute Gasteiger partial charge is 0.375 e. The van der Waals surface area contributed by atoms with Gasteiger partial charge in [0.1, 0.15) is 0 Å². The van der Waals surface area contributed by atoms with Crippen molar-refractivity contribution in [1.82, 2.24) is 15.0 Å². The van der Waals surface area contributed by atoms with Crippen LogP contribution < -0.4 is 5.32 Å². The Morgan fingerprint density at radius 1 is 1.33 bits per heavy atom. The summed E-state index contributed by atoms with van der Waals surface area (Å²) in [5.41, 5.74) is 1.55. The Labute approximate surface area is 141 Å². The van der Waals surface area contributed by atoms with Gasteiger partial charge in [0.15, 0.2) is 5.82 Å². The number of rotatable bonds is 3. The summed E-state index contributed by atoms with van der Waals surface area (Å²) < 4.78 is 10.7. The number of ether oxygens (including phenoxy) is 1. The number of carbonyl (C=O) groups is 1. The van der Waals surface area contributed by atoms with Crippen molar-refractivity contribution in [3.63, 3.8) is 0 Å². The van der Waals surface area contributed by atoms with Gasteiger partial charge in [-0.2, -0.15) is 4.98 Å². The van der Waals surface area contributed by atoms with Crippen molar-refractivity contribution in [3.8, 4) is 11.5 Å². The lowest BCUT2D eigenvalue weighted by Gasteiger charge is -2.31. The molecular formula is C17H22N4O3. The molecule has 2 amide bonds. The first-order chi connectivity index (χ1) is 11.5. The molecule has 1 aromatic heterocycles. The number of benzene rings is 1. The van der Waals surface area contributed by atoms with E-state index >= 15 is 0 Å². The van der Waals surface area contributed by atoms with Crippen molar-refractivity contribution in [2.75, 3.05) is 25.0 Å². The second-order valence-electron chi connectivity index (χ2n) is 6.25. The molecule has 24 heavy (non-hydrogen) atoms. The fourth-order valence-electron chi connectivity index (χ4n) is 2.49. The predicted molar refractivity (Wildman–Crippen MR) is 89.8 cm³/mol. The maximum atomic E-state index is 12.3. The highest BCUT2D eigenvalue weighted by molar-refractivity contribution is 5.89. The molecule has 7 heteroatoms. The summed E-state index contributed by atoms with van der Waals surface area (Å²) in [5.74, 6) is 1.39. The van der Waals surface area contributed by atoms with Gasteiger partial charge in [-0.3, -0.25) is 0 Å². The zero-order valence-corrected chi connectivity index (χ0v) is 14.2. The lowest BCUT2D eigenvalue weighted by atomic mass is 10.2. The van der Waals surface area contributed by atoms with E-state index in [1.807, 2.05) is 45.0 Å². The molecule has 1 fully saturated rings. The Morgan fingerprint density at radius 2 is 2.08 bits per heavy atom. The molecule has 7 nitrogen and oxygen atoms in total. The number of urea groups is 1. The quantitative estimate of drug-likeness (QED) is 0.935. The summed E-state index contributed by atoms with van der Waals surface area (Å²) in [7, 11) is 0. The average molecular weight is 330 g/mol. The van der Waals surface area contributed by atoms with Crippen LogP contribution in [0.15, 0.2) is 28.8 Å². The molecular weight excluding hydrogens is 308 g/mol. The number of nitrogens with one attached hydrogen (secondary N) is 1. The predicted octanol–water partition coefficient (Wildman–Crippen LogP) is 3.11. The lowest BCUT2D eigenvalue weighted by Crippen LogP contribution is -2.46. The van der Waals surface area contributed by atoms with Crippen LogP contribution in [-0.4, -0.2) is 46.9 Å². The summed E-state index contributed by atoms with van der Waals surface area (Å²) in [4.78, 5) is 18.4. The van der Waals surface area contributed by atoms with E-state index in [4.69, 9.17) is 9.26 Å². The van der Waals surface area contributed by atoms with E-state index in [-0.39, 0.29) is 18.1 Å². The van der Waals surface area contributed by atoms with Crippen LogP contribution in [0.1, 0.15) is 32.5 Å². The Bertz CT molecular complexity index is 696. The normalized spacial score (nSPS) is 18.0. The molecule has 1 saturated heterocycles. The van der Waals surface area contributed by atoms with Crippen molar-refractivity contribution in [3.05, 3.63) is 30.1 Å². The van der Waals surface area contributed by atoms with E-state index < -0.39 is 0 Å². The van der Waals surface area contributed by atoms with Gasteiger partial charge >= 0.3 is 6.03 Å². The van der Waals surface area contributed by atoms with Crippen molar-refractivity contribution >= 4 is 11.7 Å². The Morgan fingerprint density at radius 3 is 2.71 bits per heavy atom. The molecule has 1 aromatic carbocycles. The van der Waals surface area contributed by atoms with Crippen LogP contribution in [0.25, 0.3) is 11.5 Å². The lowest BCUT2D eigenvalue weighted by molar-refractivity contribution is -0.00138. The van der Waals surface area contributed by atoms with Gasteiger partial charge in [0, 0.05) is 30.3 Å². The molecule has 0 spiro atoms. The molecule has 1 aliphatic rings. The van der Waals surface area contributed by atoms with Gasteiger partial charge in [0.05, 0.1) is 12.7 Å². The summed E-state index contributed by atoms with van der Waals surface area (Å²) in [6, 6.07) is 7.26.